The van der Waals surface area contributed by atoms with Crippen molar-refractivity contribution in [3.63, 3.8) is 0 Å². The fourth-order valence-corrected chi connectivity index (χ4v) is 2.76. The highest BCUT2D eigenvalue weighted by Gasteiger charge is 2.27. The molecule has 1 aliphatic rings. The molecule has 2 unspecified atom stereocenters. The Labute approximate surface area is 94.9 Å². The molecule has 1 saturated heterocycles. The van der Waals surface area contributed by atoms with Crippen molar-refractivity contribution in [2.75, 3.05) is 19.8 Å². The molecule has 1 fully saturated rings. The predicted molar refractivity (Wildman–Crippen MR) is 62.1 cm³/mol. The first-order valence-electron chi connectivity index (χ1n) is 5.62. The zero-order valence-electron chi connectivity index (χ0n) is 9.11. The number of hydrogen-bond acceptors (Lipinski definition) is 4. The summed E-state index contributed by atoms with van der Waals surface area (Å²) < 4.78 is 5.45. The Morgan fingerprint density at radius 3 is 3.27 bits per heavy atom. The van der Waals surface area contributed by atoms with E-state index >= 15 is 0 Å². The van der Waals surface area contributed by atoms with Gasteiger partial charge in [-0.3, -0.25) is 0 Å². The second-order valence-corrected chi connectivity index (χ2v) is 4.85. The number of nitrogens with zero attached hydrogens (tertiary/aromatic N) is 1. The van der Waals surface area contributed by atoms with Crippen LogP contribution in [0.15, 0.2) is 11.6 Å². The van der Waals surface area contributed by atoms with E-state index in [1.165, 1.54) is 5.01 Å². The van der Waals surface area contributed by atoms with Gasteiger partial charge in [-0.1, -0.05) is 6.92 Å². The topological polar surface area (TPSA) is 34.2 Å². The first kappa shape index (κ1) is 11.0. The average Bonchev–Trinajstić information content (AvgIpc) is 2.90. The Morgan fingerprint density at radius 2 is 2.67 bits per heavy atom. The van der Waals surface area contributed by atoms with E-state index in [1.807, 2.05) is 11.6 Å². The van der Waals surface area contributed by atoms with Gasteiger partial charge in [0.05, 0.1) is 12.6 Å². The second kappa shape index (κ2) is 5.58. The number of rotatable bonds is 5. The van der Waals surface area contributed by atoms with Crippen molar-refractivity contribution in [3.05, 3.63) is 16.6 Å². The summed E-state index contributed by atoms with van der Waals surface area (Å²) in [5, 5.41) is 6.84. The van der Waals surface area contributed by atoms with Crippen molar-refractivity contribution in [1.82, 2.24) is 10.3 Å². The minimum Gasteiger partial charge on any atom is -0.381 e. The van der Waals surface area contributed by atoms with Crippen LogP contribution in [0.2, 0.25) is 0 Å². The van der Waals surface area contributed by atoms with Gasteiger partial charge in [-0.2, -0.15) is 0 Å². The summed E-state index contributed by atoms with van der Waals surface area (Å²) in [6.07, 6.45) is 4.20. The molecule has 3 nitrogen and oxygen atoms in total. The van der Waals surface area contributed by atoms with E-state index in [4.69, 9.17) is 4.74 Å². The summed E-state index contributed by atoms with van der Waals surface area (Å²) in [7, 11) is 0. The van der Waals surface area contributed by atoms with Gasteiger partial charge >= 0.3 is 0 Å². The van der Waals surface area contributed by atoms with E-state index < -0.39 is 0 Å². The summed E-state index contributed by atoms with van der Waals surface area (Å²) in [5.74, 6) is 0.600. The molecule has 2 atom stereocenters. The lowest BCUT2D eigenvalue weighted by Crippen LogP contribution is -2.29. The Hall–Kier alpha value is -0.450. The number of nitrogens with one attached hydrogen (secondary N) is 1. The summed E-state index contributed by atoms with van der Waals surface area (Å²) in [6, 6.07) is 0.396. The van der Waals surface area contributed by atoms with Gasteiger partial charge in [0.25, 0.3) is 0 Å². The molecule has 15 heavy (non-hydrogen) atoms. The Bertz CT molecular complexity index is 270. The van der Waals surface area contributed by atoms with Crippen molar-refractivity contribution in [2.45, 2.75) is 25.8 Å². The number of thiazole rings is 1. The molecule has 0 saturated carbocycles. The van der Waals surface area contributed by atoms with E-state index in [1.54, 1.807) is 11.3 Å². The maximum Gasteiger partial charge on any atom is 0.110 e. The van der Waals surface area contributed by atoms with Gasteiger partial charge in [-0.05, 0) is 19.4 Å². The molecule has 0 aliphatic carbocycles. The number of aromatic nitrogens is 1. The third kappa shape index (κ3) is 2.77. The van der Waals surface area contributed by atoms with E-state index in [2.05, 4.69) is 17.2 Å². The highest BCUT2D eigenvalue weighted by Crippen LogP contribution is 2.29. The van der Waals surface area contributed by atoms with Crippen molar-refractivity contribution < 1.29 is 4.74 Å². The summed E-state index contributed by atoms with van der Waals surface area (Å²) in [5.41, 5.74) is 0. The maximum absolute atomic E-state index is 5.45. The van der Waals surface area contributed by atoms with Gasteiger partial charge < -0.3 is 10.1 Å². The highest BCUT2D eigenvalue weighted by molar-refractivity contribution is 7.09. The highest BCUT2D eigenvalue weighted by atomic mass is 32.1. The molecular weight excluding hydrogens is 208 g/mol. The number of ether oxygens (including phenoxy) is 1. The van der Waals surface area contributed by atoms with Crippen LogP contribution in [-0.2, 0) is 4.74 Å². The van der Waals surface area contributed by atoms with Crippen molar-refractivity contribution in [3.8, 4) is 0 Å². The Morgan fingerprint density at radius 1 is 1.73 bits per heavy atom. The third-order valence-electron chi connectivity index (χ3n) is 2.77. The molecule has 1 aromatic heterocycles. The van der Waals surface area contributed by atoms with Crippen LogP contribution in [0.5, 0.6) is 0 Å². The van der Waals surface area contributed by atoms with Crippen LogP contribution < -0.4 is 5.32 Å². The minimum absolute atomic E-state index is 0.396. The third-order valence-corrected chi connectivity index (χ3v) is 3.63. The van der Waals surface area contributed by atoms with Gasteiger partial charge in [-0.25, -0.2) is 4.98 Å². The normalized spacial score (nSPS) is 23.1. The molecule has 1 aliphatic heterocycles. The van der Waals surface area contributed by atoms with Crippen LogP contribution in [0.3, 0.4) is 0 Å². The molecule has 1 aromatic rings. The molecule has 0 bridgehead atoms. The summed E-state index contributed by atoms with van der Waals surface area (Å²) in [6.45, 7) is 5.03. The minimum atomic E-state index is 0.396. The molecule has 84 valence electrons. The lowest BCUT2D eigenvalue weighted by molar-refractivity contribution is 0.176. The maximum atomic E-state index is 5.45. The Kier molecular flexibility index (Phi) is 4.11. The molecular formula is C11H18N2OS. The van der Waals surface area contributed by atoms with Crippen molar-refractivity contribution in [1.29, 1.82) is 0 Å². The molecule has 0 spiro atoms. The van der Waals surface area contributed by atoms with Gasteiger partial charge in [0, 0.05) is 24.1 Å². The fourth-order valence-electron chi connectivity index (χ4n) is 1.96. The lowest BCUT2D eigenvalue weighted by atomic mass is 9.99. The monoisotopic (exact) mass is 226 g/mol. The number of hydrogen-bond donors (Lipinski definition) is 1. The largest absolute Gasteiger partial charge is 0.381 e. The first-order chi connectivity index (χ1) is 7.42. The Balaban J connectivity index is 2.01. The summed E-state index contributed by atoms with van der Waals surface area (Å²) >= 11 is 1.74. The molecule has 4 heteroatoms. The van der Waals surface area contributed by atoms with Crippen LogP contribution in [-0.4, -0.2) is 24.7 Å². The van der Waals surface area contributed by atoms with E-state index in [0.29, 0.717) is 12.0 Å². The van der Waals surface area contributed by atoms with Crippen molar-refractivity contribution in [2.24, 2.45) is 5.92 Å². The van der Waals surface area contributed by atoms with Crippen LogP contribution in [0.4, 0.5) is 0 Å². The van der Waals surface area contributed by atoms with Crippen LogP contribution in [0.1, 0.15) is 30.8 Å². The van der Waals surface area contributed by atoms with Crippen LogP contribution >= 0.6 is 11.3 Å². The molecule has 1 N–H and O–H groups in total. The molecule has 0 aromatic carbocycles. The van der Waals surface area contributed by atoms with E-state index in [-0.39, 0.29) is 0 Å². The van der Waals surface area contributed by atoms with E-state index in [0.717, 1.165) is 32.6 Å². The molecule has 2 heterocycles. The lowest BCUT2D eigenvalue weighted by Gasteiger charge is -2.21. The molecule has 2 rings (SSSR count). The standard InChI is InChI=1S/C11H18N2OS/c1-2-4-12-10(9-3-6-14-8-9)11-13-5-7-15-11/h5,7,9-10,12H,2-4,6,8H2,1H3. The van der Waals surface area contributed by atoms with Crippen molar-refractivity contribution >= 4 is 11.3 Å². The smallest absolute Gasteiger partial charge is 0.110 e. The zero-order valence-corrected chi connectivity index (χ0v) is 9.93. The van der Waals surface area contributed by atoms with E-state index in [9.17, 15) is 0 Å². The summed E-state index contributed by atoms with van der Waals surface area (Å²) in [4.78, 5) is 4.41. The predicted octanol–water partition coefficient (Wildman–Crippen LogP) is 2.22. The van der Waals surface area contributed by atoms with Crippen LogP contribution in [0, 0.1) is 5.92 Å². The zero-order chi connectivity index (χ0) is 10.5. The average molecular weight is 226 g/mol. The van der Waals surface area contributed by atoms with Gasteiger partial charge in [0.1, 0.15) is 5.01 Å². The van der Waals surface area contributed by atoms with Gasteiger partial charge in [0.2, 0.25) is 0 Å². The SMILES string of the molecule is CCCNC(c1nccs1)C1CCOC1. The van der Waals surface area contributed by atoms with Gasteiger partial charge in [0.15, 0.2) is 0 Å². The molecule has 0 radical (unpaired) electrons. The second-order valence-electron chi connectivity index (χ2n) is 3.93. The van der Waals surface area contributed by atoms with Crippen LogP contribution in [0.25, 0.3) is 0 Å². The first-order valence-corrected chi connectivity index (χ1v) is 6.50. The quantitative estimate of drug-likeness (QED) is 0.836. The molecule has 0 amide bonds. The fraction of sp³-hybridized carbons (Fsp3) is 0.727. The van der Waals surface area contributed by atoms with Gasteiger partial charge in [-0.15, -0.1) is 11.3 Å².